The lowest BCUT2D eigenvalue weighted by Crippen LogP contribution is -2.40. The van der Waals surface area contributed by atoms with Gasteiger partial charge in [0.25, 0.3) is 0 Å². The molecule has 1 aliphatic heterocycles. The molecule has 0 aliphatic carbocycles. The molecule has 20 heavy (non-hydrogen) atoms. The van der Waals surface area contributed by atoms with Crippen molar-refractivity contribution in [2.24, 2.45) is 0 Å². The number of Topliss-reactive ketones (excluding diaryl/α,β-unsaturated/α-hetero) is 1. The van der Waals surface area contributed by atoms with E-state index in [0.717, 1.165) is 36.0 Å². The van der Waals surface area contributed by atoms with Gasteiger partial charge in [-0.05, 0) is 25.0 Å². The summed E-state index contributed by atoms with van der Waals surface area (Å²) in [6.07, 6.45) is 2.07. The van der Waals surface area contributed by atoms with Crippen LogP contribution in [-0.2, 0) is 4.74 Å². The van der Waals surface area contributed by atoms with Crippen molar-refractivity contribution in [1.82, 2.24) is 4.90 Å². The second-order valence-corrected chi connectivity index (χ2v) is 5.92. The Labute approximate surface area is 127 Å². The molecule has 0 unspecified atom stereocenters. The van der Waals surface area contributed by atoms with Gasteiger partial charge in [0.1, 0.15) is 0 Å². The minimum atomic E-state index is 0.0710. The molecular weight excluding hydrogens is 322 g/mol. The van der Waals surface area contributed by atoms with Gasteiger partial charge < -0.3 is 9.84 Å². The average molecular weight is 342 g/mol. The number of aliphatic hydroxyl groups is 1. The van der Waals surface area contributed by atoms with Crippen LogP contribution in [0.2, 0.25) is 0 Å². The first-order valence-corrected chi connectivity index (χ1v) is 7.72. The van der Waals surface area contributed by atoms with E-state index < -0.39 is 0 Å². The van der Waals surface area contributed by atoms with E-state index in [1.807, 2.05) is 24.3 Å². The van der Waals surface area contributed by atoms with Crippen molar-refractivity contribution in [3.05, 3.63) is 34.3 Å². The van der Waals surface area contributed by atoms with Crippen molar-refractivity contribution in [2.75, 3.05) is 32.8 Å². The number of carbonyl (C=O) groups is 1. The second-order valence-electron chi connectivity index (χ2n) is 5.00. The van der Waals surface area contributed by atoms with Gasteiger partial charge in [0.15, 0.2) is 5.78 Å². The molecule has 0 aromatic heterocycles. The molecular formula is C15H20BrNO3. The van der Waals surface area contributed by atoms with Crippen LogP contribution in [0, 0.1) is 0 Å². The third kappa shape index (κ3) is 4.66. The molecule has 1 saturated heterocycles. The number of rotatable bonds is 6. The quantitative estimate of drug-likeness (QED) is 0.805. The normalized spacial score (nSPS) is 17.3. The van der Waals surface area contributed by atoms with E-state index in [9.17, 15) is 4.79 Å². The summed E-state index contributed by atoms with van der Waals surface area (Å²) in [6.45, 7) is 2.68. The molecule has 1 aromatic carbocycles. The van der Waals surface area contributed by atoms with E-state index in [1.165, 1.54) is 0 Å². The van der Waals surface area contributed by atoms with Crippen LogP contribution in [0.15, 0.2) is 28.7 Å². The third-order valence-corrected chi connectivity index (χ3v) is 3.99. The number of likely N-dealkylation sites (tertiary alicyclic amines) is 1. The van der Waals surface area contributed by atoms with Crippen molar-refractivity contribution in [3.63, 3.8) is 0 Å². The molecule has 0 radical (unpaired) electrons. The molecule has 1 N–H and O–H groups in total. The second kappa shape index (κ2) is 7.88. The molecule has 4 nitrogen and oxygen atoms in total. The summed E-state index contributed by atoms with van der Waals surface area (Å²) in [5.41, 5.74) is 0.748. The number of benzene rings is 1. The van der Waals surface area contributed by atoms with Crippen molar-refractivity contribution >= 4 is 21.7 Å². The molecule has 0 atom stereocenters. The summed E-state index contributed by atoms with van der Waals surface area (Å²) in [4.78, 5) is 14.4. The van der Waals surface area contributed by atoms with Gasteiger partial charge in [0, 0.05) is 23.1 Å². The van der Waals surface area contributed by atoms with Gasteiger partial charge in [-0.15, -0.1) is 0 Å². The Bertz CT molecular complexity index is 444. The highest BCUT2D eigenvalue weighted by Crippen LogP contribution is 2.16. The fourth-order valence-corrected chi connectivity index (χ4v) is 2.81. The fourth-order valence-electron chi connectivity index (χ4n) is 2.41. The third-order valence-electron chi connectivity index (χ3n) is 3.49. The summed E-state index contributed by atoms with van der Waals surface area (Å²) >= 11 is 3.38. The maximum atomic E-state index is 12.2. The Balaban J connectivity index is 1.79. The summed E-state index contributed by atoms with van der Waals surface area (Å²) in [6, 6.07) is 7.51. The number of ether oxygens (including phenoxy) is 1. The first kappa shape index (κ1) is 15.6. The number of aliphatic hydroxyl groups excluding tert-OH is 1. The number of hydrogen-bond donors (Lipinski definition) is 1. The van der Waals surface area contributed by atoms with Gasteiger partial charge >= 0.3 is 0 Å². The Kier molecular flexibility index (Phi) is 6.16. The lowest BCUT2D eigenvalue weighted by molar-refractivity contribution is -0.00689. The minimum absolute atomic E-state index is 0.0710. The highest BCUT2D eigenvalue weighted by molar-refractivity contribution is 9.10. The van der Waals surface area contributed by atoms with Crippen LogP contribution in [-0.4, -0.2) is 54.7 Å². The summed E-state index contributed by atoms with van der Waals surface area (Å²) in [5.74, 6) is 0.154. The van der Waals surface area contributed by atoms with Crippen LogP contribution in [0.3, 0.4) is 0 Å². The topological polar surface area (TPSA) is 49.8 Å². The molecule has 0 amide bonds. The Morgan fingerprint density at radius 3 is 2.80 bits per heavy atom. The number of hydrogen-bond acceptors (Lipinski definition) is 4. The molecule has 1 aliphatic rings. The smallest absolute Gasteiger partial charge is 0.176 e. The Hall–Kier alpha value is -0.750. The van der Waals surface area contributed by atoms with Crippen LogP contribution in [0.1, 0.15) is 23.2 Å². The number of piperidine rings is 1. The lowest BCUT2D eigenvalue weighted by Gasteiger charge is -2.31. The highest BCUT2D eigenvalue weighted by Gasteiger charge is 2.21. The van der Waals surface area contributed by atoms with Crippen LogP contribution < -0.4 is 0 Å². The average Bonchev–Trinajstić information content (AvgIpc) is 2.46. The lowest BCUT2D eigenvalue weighted by atomic mass is 10.1. The van der Waals surface area contributed by atoms with Crippen molar-refractivity contribution in [3.8, 4) is 0 Å². The van der Waals surface area contributed by atoms with E-state index in [1.54, 1.807) is 0 Å². The van der Waals surface area contributed by atoms with Crippen LogP contribution in [0.25, 0.3) is 0 Å². The zero-order chi connectivity index (χ0) is 14.4. The number of ketones is 1. The zero-order valence-corrected chi connectivity index (χ0v) is 13.0. The van der Waals surface area contributed by atoms with E-state index in [0.29, 0.717) is 13.2 Å². The van der Waals surface area contributed by atoms with Gasteiger partial charge in [-0.1, -0.05) is 28.1 Å². The van der Waals surface area contributed by atoms with Crippen molar-refractivity contribution in [2.45, 2.75) is 18.9 Å². The summed E-state index contributed by atoms with van der Waals surface area (Å²) in [5, 5.41) is 8.73. The van der Waals surface area contributed by atoms with Crippen LogP contribution in [0.4, 0.5) is 0 Å². The molecule has 0 saturated carbocycles. The zero-order valence-electron chi connectivity index (χ0n) is 11.4. The largest absolute Gasteiger partial charge is 0.394 e. The molecule has 2 rings (SSSR count). The standard InChI is InChI=1S/C15H20BrNO3/c16-13-3-1-2-12(10-13)15(19)11-17-6-4-14(5-7-17)20-9-8-18/h1-3,10,14,18H,4-9,11H2. The molecule has 1 heterocycles. The van der Waals surface area contributed by atoms with Gasteiger partial charge in [0.2, 0.25) is 0 Å². The predicted molar refractivity (Wildman–Crippen MR) is 81.0 cm³/mol. The molecule has 1 aromatic rings. The van der Waals surface area contributed by atoms with E-state index in [2.05, 4.69) is 20.8 Å². The Morgan fingerprint density at radius 1 is 1.40 bits per heavy atom. The monoisotopic (exact) mass is 341 g/mol. The van der Waals surface area contributed by atoms with Crippen LogP contribution in [0.5, 0.6) is 0 Å². The fraction of sp³-hybridized carbons (Fsp3) is 0.533. The van der Waals surface area contributed by atoms with Gasteiger partial charge in [0.05, 0.1) is 25.9 Å². The molecule has 0 bridgehead atoms. The predicted octanol–water partition coefficient (Wildman–Crippen LogP) is 2.11. The minimum Gasteiger partial charge on any atom is -0.394 e. The summed E-state index contributed by atoms with van der Waals surface area (Å²) < 4.78 is 6.45. The van der Waals surface area contributed by atoms with E-state index in [4.69, 9.17) is 9.84 Å². The van der Waals surface area contributed by atoms with E-state index >= 15 is 0 Å². The molecule has 1 fully saturated rings. The maximum Gasteiger partial charge on any atom is 0.176 e. The van der Waals surface area contributed by atoms with Crippen LogP contribution >= 0.6 is 15.9 Å². The van der Waals surface area contributed by atoms with Gasteiger partial charge in [-0.25, -0.2) is 0 Å². The van der Waals surface area contributed by atoms with Gasteiger partial charge in [-0.3, -0.25) is 9.69 Å². The SMILES string of the molecule is O=C(CN1CCC(OCCO)CC1)c1cccc(Br)c1. The number of nitrogens with zero attached hydrogens (tertiary/aromatic N) is 1. The Morgan fingerprint density at radius 2 is 2.15 bits per heavy atom. The first-order chi connectivity index (χ1) is 9.69. The highest BCUT2D eigenvalue weighted by atomic mass is 79.9. The number of carbonyl (C=O) groups excluding carboxylic acids is 1. The van der Waals surface area contributed by atoms with Crippen molar-refractivity contribution in [1.29, 1.82) is 0 Å². The number of halogens is 1. The molecule has 5 heteroatoms. The molecule has 110 valence electrons. The summed E-state index contributed by atoms with van der Waals surface area (Å²) in [7, 11) is 0. The molecule has 0 spiro atoms. The van der Waals surface area contributed by atoms with E-state index in [-0.39, 0.29) is 18.5 Å². The van der Waals surface area contributed by atoms with Crippen molar-refractivity contribution < 1.29 is 14.6 Å². The maximum absolute atomic E-state index is 12.2. The first-order valence-electron chi connectivity index (χ1n) is 6.92. The van der Waals surface area contributed by atoms with Gasteiger partial charge in [-0.2, -0.15) is 0 Å².